The first-order valence-corrected chi connectivity index (χ1v) is 11.8. The maximum atomic E-state index is 13.5. The molecule has 4 aromatic rings. The van der Waals surface area contributed by atoms with Crippen molar-refractivity contribution in [3.63, 3.8) is 0 Å². The van der Waals surface area contributed by atoms with Crippen LogP contribution in [0.4, 0.5) is 5.69 Å². The summed E-state index contributed by atoms with van der Waals surface area (Å²) in [7, 11) is 1.61. The number of ether oxygens (including phenoxy) is 1. The van der Waals surface area contributed by atoms with Gasteiger partial charge < -0.3 is 9.84 Å². The topological polar surface area (TPSA) is 120 Å². The Hall–Kier alpha value is -4.05. The molecule has 36 heavy (non-hydrogen) atoms. The molecule has 1 N–H and O–H groups in total. The number of phenols is 1. The van der Waals surface area contributed by atoms with Crippen molar-refractivity contribution < 1.29 is 14.8 Å². The van der Waals surface area contributed by atoms with E-state index < -0.39 is 16.4 Å². The molecule has 0 aliphatic rings. The van der Waals surface area contributed by atoms with Gasteiger partial charge in [-0.05, 0) is 70.2 Å². The molecule has 4 rings (SSSR count). The van der Waals surface area contributed by atoms with Crippen LogP contribution in [0.2, 0.25) is 0 Å². The van der Waals surface area contributed by atoms with E-state index >= 15 is 0 Å². The minimum atomic E-state index is -0.694. The van der Waals surface area contributed by atoms with Crippen molar-refractivity contribution in [2.24, 2.45) is 5.10 Å². The second kappa shape index (κ2) is 9.90. The molecular formula is C26H23BrN4O5. The van der Waals surface area contributed by atoms with Gasteiger partial charge in [0.1, 0.15) is 5.75 Å². The van der Waals surface area contributed by atoms with E-state index in [0.29, 0.717) is 27.9 Å². The fourth-order valence-electron chi connectivity index (χ4n) is 3.92. The van der Waals surface area contributed by atoms with Crippen molar-refractivity contribution in [2.75, 3.05) is 7.11 Å². The molecule has 10 heteroatoms. The number of fused-ring (bicyclic) bond motifs is 1. The van der Waals surface area contributed by atoms with Crippen LogP contribution in [0.25, 0.3) is 22.3 Å². The van der Waals surface area contributed by atoms with Crippen LogP contribution in [0.3, 0.4) is 0 Å². The van der Waals surface area contributed by atoms with E-state index in [1.807, 2.05) is 32.9 Å². The largest absolute Gasteiger partial charge is 0.501 e. The molecule has 184 valence electrons. The summed E-state index contributed by atoms with van der Waals surface area (Å²) in [5, 5.41) is 26.1. The minimum absolute atomic E-state index is 0.134. The molecule has 0 atom stereocenters. The molecule has 0 amide bonds. The Morgan fingerprint density at radius 3 is 2.61 bits per heavy atom. The van der Waals surface area contributed by atoms with Crippen LogP contribution in [-0.4, -0.2) is 33.0 Å². The summed E-state index contributed by atoms with van der Waals surface area (Å²) in [6, 6.07) is 13.5. The summed E-state index contributed by atoms with van der Waals surface area (Å²) in [6.45, 7) is 6.00. The second-order valence-electron chi connectivity index (χ2n) is 8.51. The van der Waals surface area contributed by atoms with Gasteiger partial charge in [-0.25, -0.2) is 4.98 Å². The molecule has 0 bridgehead atoms. The van der Waals surface area contributed by atoms with E-state index in [1.54, 1.807) is 31.4 Å². The molecule has 1 heterocycles. The summed E-state index contributed by atoms with van der Waals surface area (Å²) in [4.78, 5) is 28.9. The Morgan fingerprint density at radius 1 is 1.22 bits per heavy atom. The molecular weight excluding hydrogens is 528 g/mol. The van der Waals surface area contributed by atoms with E-state index in [2.05, 4.69) is 21.0 Å². The average molecular weight is 551 g/mol. The highest BCUT2D eigenvalue weighted by atomic mass is 79.9. The third kappa shape index (κ3) is 4.59. The Morgan fingerprint density at radius 2 is 1.94 bits per heavy atom. The van der Waals surface area contributed by atoms with Crippen molar-refractivity contribution in [1.29, 1.82) is 0 Å². The first kappa shape index (κ1) is 25.1. The first-order valence-electron chi connectivity index (χ1n) is 11.0. The van der Waals surface area contributed by atoms with E-state index in [-0.39, 0.29) is 15.9 Å². The van der Waals surface area contributed by atoms with Crippen molar-refractivity contribution in [1.82, 2.24) is 9.66 Å². The lowest BCUT2D eigenvalue weighted by Crippen LogP contribution is -2.20. The van der Waals surface area contributed by atoms with Crippen LogP contribution in [-0.2, 0) is 0 Å². The number of nitrogens with zero attached hydrogens (tertiary/aromatic N) is 4. The van der Waals surface area contributed by atoms with Crippen LogP contribution < -0.4 is 10.3 Å². The number of halogens is 1. The number of hydrogen-bond acceptors (Lipinski definition) is 7. The van der Waals surface area contributed by atoms with Gasteiger partial charge in [-0.1, -0.05) is 26.0 Å². The van der Waals surface area contributed by atoms with Gasteiger partial charge in [0.15, 0.2) is 5.82 Å². The lowest BCUT2D eigenvalue weighted by Gasteiger charge is -2.17. The number of aromatic nitrogens is 2. The molecule has 0 aliphatic carbocycles. The zero-order chi connectivity index (χ0) is 26.1. The number of phenolic OH excluding ortho intramolecular Hbond substituents is 1. The van der Waals surface area contributed by atoms with Crippen LogP contribution >= 0.6 is 15.9 Å². The summed E-state index contributed by atoms with van der Waals surface area (Å²) < 4.78 is 6.88. The summed E-state index contributed by atoms with van der Waals surface area (Å²) in [5.41, 5.74) is 2.46. The van der Waals surface area contributed by atoms with Gasteiger partial charge in [-0.15, -0.1) is 0 Å². The second-order valence-corrected chi connectivity index (χ2v) is 9.36. The number of nitro groups is 1. The monoisotopic (exact) mass is 550 g/mol. The van der Waals surface area contributed by atoms with E-state index in [4.69, 9.17) is 9.72 Å². The molecule has 3 aromatic carbocycles. The third-order valence-corrected chi connectivity index (χ3v) is 6.38. The molecule has 0 radical (unpaired) electrons. The highest BCUT2D eigenvalue weighted by molar-refractivity contribution is 9.10. The predicted octanol–water partition coefficient (Wildman–Crippen LogP) is 5.76. The zero-order valence-electron chi connectivity index (χ0n) is 20.0. The van der Waals surface area contributed by atoms with Crippen LogP contribution in [0.15, 0.2) is 62.9 Å². The summed E-state index contributed by atoms with van der Waals surface area (Å²) >= 11 is 3.13. The molecule has 0 aliphatic heterocycles. The maximum absolute atomic E-state index is 13.5. The highest BCUT2D eigenvalue weighted by Gasteiger charge is 2.20. The van der Waals surface area contributed by atoms with Gasteiger partial charge in [0.25, 0.3) is 5.56 Å². The van der Waals surface area contributed by atoms with Crippen LogP contribution in [0.5, 0.6) is 11.5 Å². The number of aryl methyl sites for hydroxylation is 1. The first-order chi connectivity index (χ1) is 17.1. The average Bonchev–Trinajstić information content (AvgIpc) is 2.84. The Kier molecular flexibility index (Phi) is 6.89. The normalized spacial score (nSPS) is 11.5. The van der Waals surface area contributed by atoms with Gasteiger partial charge in [0.2, 0.25) is 5.75 Å². The molecule has 0 unspecified atom stereocenters. The number of aromatic hydroxyl groups is 1. The zero-order valence-corrected chi connectivity index (χ0v) is 21.6. The van der Waals surface area contributed by atoms with Crippen LogP contribution in [0, 0.1) is 17.0 Å². The van der Waals surface area contributed by atoms with Crippen molar-refractivity contribution in [3.05, 3.63) is 90.2 Å². The van der Waals surface area contributed by atoms with Crippen molar-refractivity contribution in [3.8, 4) is 22.9 Å². The predicted molar refractivity (Wildman–Crippen MR) is 142 cm³/mol. The Bertz CT molecular complexity index is 1590. The van der Waals surface area contributed by atoms with Crippen molar-refractivity contribution >= 4 is 38.7 Å². The molecule has 0 spiro atoms. The Balaban J connectivity index is 1.99. The van der Waals surface area contributed by atoms with Gasteiger partial charge in [-0.3, -0.25) is 14.9 Å². The number of hydrogen-bond donors (Lipinski definition) is 1. The number of methoxy groups -OCH3 is 1. The van der Waals surface area contributed by atoms with Gasteiger partial charge in [0.05, 0.1) is 33.6 Å². The summed E-state index contributed by atoms with van der Waals surface area (Å²) in [5.74, 6) is 0.728. The fraction of sp³-hybridized carbons (Fsp3) is 0.192. The van der Waals surface area contributed by atoms with Gasteiger partial charge >= 0.3 is 5.69 Å². The van der Waals surface area contributed by atoms with Crippen LogP contribution in [0.1, 0.15) is 36.5 Å². The quantitative estimate of drug-likeness (QED) is 0.185. The number of nitro benzene ring substituents is 1. The highest BCUT2D eigenvalue weighted by Crippen LogP contribution is 2.35. The Labute approximate surface area is 215 Å². The van der Waals surface area contributed by atoms with E-state index in [9.17, 15) is 20.0 Å². The molecule has 0 saturated carbocycles. The molecule has 0 saturated heterocycles. The molecule has 1 aromatic heterocycles. The summed E-state index contributed by atoms with van der Waals surface area (Å²) in [6.07, 6.45) is 1.32. The number of benzene rings is 3. The third-order valence-electron chi connectivity index (χ3n) is 5.78. The SMILES string of the molecule is COc1cc(C)c(-c2nc3ccccc3c(=O)n2N=Cc2cc(Br)c(O)c([N+](=O)[O-])c2)cc1C(C)C. The molecule has 0 fully saturated rings. The smallest absolute Gasteiger partial charge is 0.312 e. The van der Waals surface area contributed by atoms with Gasteiger partial charge in [0, 0.05) is 17.2 Å². The van der Waals surface area contributed by atoms with Crippen molar-refractivity contribution in [2.45, 2.75) is 26.7 Å². The lowest BCUT2D eigenvalue weighted by atomic mass is 9.96. The van der Waals surface area contributed by atoms with E-state index in [1.165, 1.54) is 23.0 Å². The number of para-hydroxylation sites is 1. The minimum Gasteiger partial charge on any atom is -0.501 e. The van der Waals surface area contributed by atoms with E-state index in [0.717, 1.165) is 16.9 Å². The fourth-order valence-corrected chi connectivity index (χ4v) is 4.38. The number of rotatable bonds is 6. The standard InChI is InChI=1S/C26H23BrN4O5/c1-14(2)18-12-19(15(3)9-23(18)36-4)25-29-21-8-6-5-7-17(21)26(33)30(25)28-13-16-10-20(27)24(32)22(11-16)31(34)35/h5-14,32H,1-4H3. The lowest BCUT2D eigenvalue weighted by molar-refractivity contribution is -0.386. The molecule has 9 nitrogen and oxygen atoms in total. The maximum Gasteiger partial charge on any atom is 0.312 e. The van der Waals surface area contributed by atoms with Gasteiger partial charge in [-0.2, -0.15) is 9.78 Å².